The standard InChI is InChI=1S/C23H25BrFN5O3S/c1-3-33-23(32)19-18(13-29-7-9-30(10-8-29)14(2)31)27-21(22-26-6-11-34-22)28-20(19)16-5-4-15(25)12-17(16)24/h4-6,11-12,20H,3,7-10,13H2,1-2H3,(H,27,28). The summed E-state index contributed by atoms with van der Waals surface area (Å²) in [6, 6.07) is 3.63. The third-order valence-corrected chi connectivity index (χ3v) is 7.18. The lowest BCUT2D eigenvalue weighted by atomic mass is 9.95. The smallest absolute Gasteiger partial charge is 0.338 e. The summed E-state index contributed by atoms with van der Waals surface area (Å²) < 4.78 is 19.8. The molecule has 0 aliphatic carbocycles. The topological polar surface area (TPSA) is 87.1 Å². The zero-order valence-electron chi connectivity index (χ0n) is 18.9. The van der Waals surface area contributed by atoms with Gasteiger partial charge in [-0.2, -0.15) is 0 Å². The van der Waals surface area contributed by atoms with Crippen molar-refractivity contribution in [3.8, 4) is 0 Å². The molecule has 2 aliphatic rings. The third kappa shape index (κ3) is 5.37. The summed E-state index contributed by atoms with van der Waals surface area (Å²) in [6.07, 6.45) is 1.69. The second-order valence-electron chi connectivity index (χ2n) is 7.90. The summed E-state index contributed by atoms with van der Waals surface area (Å²) >= 11 is 4.87. The Labute approximate surface area is 209 Å². The summed E-state index contributed by atoms with van der Waals surface area (Å²) in [5, 5.41) is 5.86. The van der Waals surface area contributed by atoms with E-state index in [4.69, 9.17) is 9.73 Å². The number of benzene rings is 1. The van der Waals surface area contributed by atoms with Gasteiger partial charge in [-0.25, -0.2) is 14.2 Å². The van der Waals surface area contributed by atoms with E-state index in [0.29, 0.717) is 64.9 Å². The van der Waals surface area contributed by atoms with E-state index in [-0.39, 0.29) is 18.3 Å². The van der Waals surface area contributed by atoms with Crippen molar-refractivity contribution in [2.24, 2.45) is 4.99 Å². The number of esters is 1. The Hall–Kier alpha value is -2.63. The molecule has 11 heteroatoms. The lowest BCUT2D eigenvalue weighted by Gasteiger charge is -2.36. The zero-order valence-corrected chi connectivity index (χ0v) is 21.3. The molecule has 8 nitrogen and oxygen atoms in total. The Morgan fingerprint density at radius 2 is 2.06 bits per heavy atom. The molecule has 0 saturated carbocycles. The van der Waals surface area contributed by atoms with Crippen molar-refractivity contribution in [1.29, 1.82) is 0 Å². The molecule has 2 aliphatic heterocycles. The van der Waals surface area contributed by atoms with Gasteiger partial charge in [0.25, 0.3) is 0 Å². The number of nitrogens with zero attached hydrogens (tertiary/aromatic N) is 4. The normalized spacial score (nSPS) is 19.0. The van der Waals surface area contributed by atoms with Gasteiger partial charge in [0.05, 0.1) is 12.2 Å². The molecule has 1 atom stereocenters. The van der Waals surface area contributed by atoms with Crippen LogP contribution in [0.3, 0.4) is 0 Å². The van der Waals surface area contributed by atoms with E-state index < -0.39 is 12.0 Å². The van der Waals surface area contributed by atoms with Crippen molar-refractivity contribution < 1.29 is 18.7 Å². The van der Waals surface area contributed by atoms with Gasteiger partial charge < -0.3 is 15.0 Å². The highest BCUT2D eigenvalue weighted by Gasteiger charge is 2.35. The molecule has 1 aromatic heterocycles. The van der Waals surface area contributed by atoms with E-state index in [9.17, 15) is 14.0 Å². The summed E-state index contributed by atoms with van der Waals surface area (Å²) in [5.41, 5.74) is 1.69. The number of hydrogen-bond donors (Lipinski definition) is 1. The highest BCUT2D eigenvalue weighted by molar-refractivity contribution is 9.10. The molecule has 1 aromatic carbocycles. The number of amidine groups is 1. The van der Waals surface area contributed by atoms with Gasteiger partial charge >= 0.3 is 5.97 Å². The van der Waals surface area contributed by atoms with Crippen LogP contribution < -0.4 is 5.32 Å². The van der Waals surface area contributed by atoms with Crippen molar-refractivity contribution in [3.63, 3.8) is 0 Å². The van der Waals surface area contributed by atoms with Gasteiger partial charge in [0.1, 0.15) is 11.9 Å². The quantitative estimate of drug-likeness (QED) is 0.557. The first-order chi connectivity index (χ1) is 16.4. The average Bonchev–Trinajstić information content (AvgIpc) is 3.34. The molecule has 2 aromatic rings. The molecule has 34 heavy (non-hydrogen) atoms. The van der Waals surface area contributed by atoms with Crippen molar-refractivity contribution in [3.05, 3.63) is 61.9 Å². The van der Waals surface area contributed by atoms with Crippen molar-refractivity contribution in [2.45, 2.75) is 19.9 Å². The molecule has 180 valence electrons. The second-order valence-corrected chi connectivity index (χ2v) is 9.65. The lowest BCUT2D eigenvalue weighted by molar-refractivity contribution is -0.139. The van der Waals surface area contributed by atoms with Crippen LogP contribution in [0.1, 0.15) is 30.5 Å². The number of ether oxygens (including phenoxy) is 1. The first-order valence-corrected chi connectivity index (χ1v) is 12.6. The molecule has 1 amide bonds. The second kappa shape index (κ2) is 10.7. The van der Waals surface area contributed by atoms with E-state index in [1.807, 2.05) is 10.3 Å². The first-order valence-electron chi connectivity index (χ1n) is 10.9. The van der Waals surface area contributed by atoms with E-state index in [1.165, 1.54) is 23.5 Å². The molecule has 1 saturated heterocycles. The number of hydrogen-bond acceptors (Lipinski definition) is 8. The van der Waals surface area contributed by atoms with Gasteiger partial charge in [0, 0.05) is 61.4 Å². The van der Waals surface area contributed by atoms with Gasteiger partial charge in [-0.3, -0.25) is 14.7 Å². The van der Waals surface area contributed by atoms with Gasteiger partial charge in [0.15, 0.2) is 10.8 Å². The van der Waals surface area contributed by atoms with Crippen LogP contribution in [-0.4, -0.2) is 71.8 Å². The Morgan fingerprint density at radius 3 is 2.68 bits per heavy atom. The summed E-state index contributed by atoms with van der Waals surface area (Å²) in [6.45, 7) is 6.58. The minimum atomic E-state index is -0.706. The SMILES string of the molecule is CCOC(=O)C1=C(CN2CCN(C(C)=O)CC2)NC(c2nccs2)=NC1c1ccc(F)cc1Br. The Balaban J connectivity index is 1.74. The van der Waals surface area contributed by atoms with Crippen LogP contribution >= 0.6 is 27.3 Å². The highest BCUT2D eigenvalue weighted by atomic mass is 79.9. The van der Waals surface area contributed by atoms with Crippen molar-refractivity contribution in [2.75, 3.05) is 39.3 Å². The van der Waals surface area contributed by atoms with E-state index in [0.717, 1.165) is 0 Å². The Bertz CT molecular complexity index is 1130. The number of amides is 1. The lowest BCUT2D eigenvalue weighted by Crippen LogP contribution is -2.50. The number of thiazole rings is 1. The number of carbonyl (C=O) groups excluding carboxylic acids is 2. The highest BCUT2D eigenvalue weighted by Crippen LogP contribution is 2.37. The number of rotatable bonds is 6. The largest absolute Gasteiger partial charge is 0.463 e. The molecule has 3 heterocycles. The van der Waals surface area contributed by atoms with Crippen LogP contribution in [0.15, 0.2) is 50.5 Å². The number of halogens is 2. The predicted molar refractivity (Wildman–Crippen MR) is 131 cm³/mol. The summed E-state index contributed by atoms with van der Waals surface area (Å²) in [7, 11) is 0. The zero-order chi connectivity index (χ0) is 24.2. The molecule has 0 bridgehead atoms. The van der Waals surface area contributed by atoms with Crippen molar-refractivity contribution in [1.82, 2.24) is 20.1 Å². The predicted octanol–water partition coefficient (Wildman–Crippen LogP) is 3.12. The van der Waals surface area contributed by atoms with Crippen LogP contribution in [-0.2, 0) is 14.3 Å². The molecule has 0 spiro atoms. The molecular weight excluding hydrogens is 525 g/mol. The number of aliphatic imine (C=N–C) groups is 1. The third-order valence-electron chi connectivity index (χ3n) is 5.71. The van der Waals surface area contributed by atoms with Gasteiger partial charge in [-0.1, -0.05) is 22.0 Å². The van der Waals surface area contributed by atoms with Crippen LogP contribution in [0.2, 0.25) is 0 Å². The maximum absolute atomic E-state index is 13.8. The monoisotopic (exact) mass is 549 g/mol. The van der Waals surface area contributed by atoms with Crippen LogP contribution in [0.25, 0.3) is 0 Å². The molecule has 0 radical (unpaired) electrons. The fourth-order valence-electron chi connectivity index (χ4n) is 4.01. The molecule has 1 fully saturated rings. The minimum Gasteiger partial charge on any atom is -0.463 e. The van der Waals surface area contributed by atoms with Crippen LogP contribution in [0, 0.1) is 5.82 Å². The number of piperazine rings is 1. The maximum atomic E-state index is 13.8. The van der Waals surface area contributed by atoms with Gasteiger partial charge in [-0.05, 0) is 24.6 Å². The molecule has 1 unspecified atom stereocenters. The fourth-order valence-corrected chi connectivity index (χ4v) is 5.17. The molecular formula is C23H25BrFN5O3S. The maximum Gasteiger partial charge on any atom is 0.338 e. The van der Waals surface area contributed by atoms with Gasteiger partial charge in [0.2, 0.25) is 5.91 Å². The Morgan fingerprint density at radius 1 is 1.29 bits per heavy atom. The van der Waals surface area contributed by atoms with Crippen LogP contribution in [0.4, 0.5) is 4.39 Å². The summed E-state index contributed by atoms with van der Waals surface area (Å²) in [4.78, 5) is 38.1. The van der Waals surface area contributed by atoms with E-state index in [2.05, 4.69) is 31.1 Å². The molecule has 1 N–H and O–H groups in total. The summed E-state index contributed by atoms with van der Waals surface area (Å²) in [5.74, 6) is -0.266. The van der Waals surface area contributed by atoms with Gasteiger partial charge in [-0.15, -0.1) is 11.3 Å². The average molecular weight is 550 g/mol. The number of carbonyl (C=O) groups is 2. The minimum absolute atomic E-state index is 0.0567. The first kappa shape index (κ1) is 24.5. The number of aromatic nitrogens is 1. The van der Waals surface area contributed by atoms with E-state index in [1.54, 1.807) is 26.1 Å². The van der Waals surface area contributed by atoms with Crippen molar-refractivity contribution >= 4 is 45.0 Å². The molecule has 4 rings (SSSR count). The van der Waals surface area contributed by atoms with Crippen LogP contribution in [0.5, 0.6) is 0 Å². The Kier molecular flexibility index (Phi) is 7.74. The van der Waals surface area contributed by atoms with E-state index >= 15 is 0 Å². The number of nitrogens with one attached hydrogen (secondary N) is 1. The fraction of sp³-hybridized carbons (Fsp3) is 0.391.